The lowest BCUT2D eigenvalue weighted by molar-refractivity contribution is 0.368. The molecule has 0 saturated heterocycles. The Kier molecular flexibility index (Phi) is 5.37. The van der Waals surface area contributed by atoms with Gasteiger partial charge in [-0.3, -0.25) is 0 Å². The predicted molar refractivity (Wildman–Crippen MR) is 78.5 cm³/mol. The molecular weight excluding hydrogens is 296 g/mol. The second-order valence-electron chi connectivity index (χ2n) is 5.06. The highest BCUT2D eigenvalue weighted by Crippen LogP contribution is 2.37. The summed E-state index contributed by atoms with van der Waals surface area (Å²) in [5, 5.41) is 0.196. The van der Waals surface area contributed by atoms with Gasteiger partial charge in [0.05, 0.1) is 5.38 Å². The number of alkyl halides is 1. The van der Waals surface area contributed by atoms with Gasteiger partial charge in [-0.25, -0.2) is 0 Å². The van der Waals surface area contributed by atoms with Crippen molar-refractivity contribution >= 4 is 27.5 Å². The van der Waals surface area contributed by atoms with Crippen molar-refractivity contribution in [3.63, 3.8) is 0 Å². The Morgan fingerprint density at radius 2 is 1.47 bits per heavy atom. The summed E-state index contributed by atoms with van der Waals surface area (Å²) in [6.45, 7) is 0. The van der Waals surface area contributed by atoms with Gasteiger partial charge in [-0.1, -0.05) is 60.2 Å². The Balaban J connectivity index is 2.01. The quantitative estimate of drug-likeness (QED) is 0.579. The zero-order valence-electron chi connectivity index (χ0n) is 10.2. The molecule has 1 aliphatic carbocycles. The van der Waals surface area contributed by atoms with E-state index in [1.54, 1.807) is 0 Å². The summed E-state index contributed by atoms with van der Waals surface area (Å²) in [6, 6.07) is 8.49. The van der Waals surface area contributed by atoms with Gasteiger partial charge in [-0.05, 0) is 36.5 Å². The SMILES string of the molecule is ClC(c1ccc(Br)cc1)C1CCCCCCC1. The molecule has 1 atom stereocenters. The molecule has 0 aliphatic heterocycles. The Morgan fingerprint density at radius 3 is 2.06 bits per heavy atom. The van der Waals surface area contributed by atoms with Gasteiger partial charge in [0.2, 0.25) is 0 Å². The molecule has 2 heteroatoms. The maximum atomic E-state index is 6.65. The van der Waals surface area contributed by atoms with Crippen LogP contribution in [0.25, 0.3) is 0 Å². The molecule has 1 aromatic carbocycles. The standard InChI is InChI=1S/C15H20BrCl/c16-14-10-8-13(9-11-14)15(17)12-6-4-2-1-3-5-7-12/h8-12,15H,1-7H2. The zero-order valence-corrected chi connectivity index (χ0v) is 12.5. The first-order valence-electron chi connectivity index (χ1n) is 6.67. The summed E-state index contributed by atoms with van der Waals surface area (Å²) in [4.78, 5) is 0. The van der Waals surface area contributed by atoms with Crippen molar-refractivity contribution in [3.8, 4) is 0 Å². The van der Waals surface area contributed by atoms with Gasteiger partial charge in [-0.2, -0.15) is 0 Å². The van der Waals surface area contributed by atoms with Crippen LogP contribution in [0.15, 0.2) is 28.7 Å². The van der Waals surface area contributed by atoms with Gasteiger partial charge >= 0.3 is 0 Å². The number of benzene rings is 1. The van der Waals surface area contributed by atoms with Crippen LogP contribution in [-0.4, -0.2) is 0 Å². The zero-order chi connectivity index (χ0) is 12.1. The van der Waals surface area contributed by atoms with Gasteiger partial charge in [-0.15, -0.1) is 11.6 Å². The van der Waals surface area contributed by atoms with E-state index in [2.05, 4.69) is 40.2 Å². The smallest absolute Gasteiger partial charge is 0.0613 e. The second-order valence-corrected chi connectivity index (χ2v) is 6.44. The number of hydrogen-bond acceptors (Lipinski definition) is 0. The van der Waals surface area contributed by atoms with Gasteiger partial charge < -0.3 is 0 Å². The van der Waals surface area contributed by atoms with Gasteiger partial charge in [0.25, 0.3) is 0 Å². The lowest BCUT2D eigenvalue weighted by Crippen LogP contribution is -2.10. The maximum absolute atomic E-state index is 6.65. The van der Waals surface area contributed by atoms with Crippen LogP contribution in [-0.2, 0) is 0 Å². The van der Waals surface area contributed by atoms with E-state index in [0.29, 0.717) is 5.92 Å². The third kappa shape index (κ3) is 3.99. The molecule has 1 aliphatic rings. The number of halogens is 2. The van der Waals surface area contributed by atoms with Crippen molar-refractivity contribution in [2.45, 2.75) is 50.3 Å². The summed E-state index contributed by atoms with van der Waals surface area (Å²) in [7, 11) is 0. The summed E-state index contributed by atoms with van der Waals surface area (Å²) >= 11 is 10.1. The van der Waals surface area contributed by atoms with Gasteiger partial charge in [0, 0.05) is 4.47 Å². The molecular formula is C15H20BrCl. The maximum Gasteiger partial charge on any atom is 0.0613 e. The minimum absolute atomic E-state index is 0.196. The van der Waals surface area contributed by atoms with E-state index in [-0.39, 0.29) is 5.38 Å². The Morgan fingerprint density at radius 1 is 0.941 bits per heavy atom. The molecule has 1 aromatic rings. The van der Waals surface area contributed by atoms with Crippen molar-refractivity contribution < 1.29 is 0 Å². The molecule has 0 radical (unpaired) electrons. The van der Waals surface area contributed by atoms with Crippen molar-refractivity contribution in [2.24, 2.45) is 5.92 Å². The number of rotatable bonds is 2. The van der Waals surface area contributed by atoms with E-state index in [1.807, 2.05) is 0 Å². The third-order valence-electron chi connectivity index (χ3n) is 3.75. The van der Waals surface area contributed by atoms with Crippen molar-refractivity contribution in [3.05, 3.63) is 34.3 Å². The van der Waals surface area contributed by atoms with E-state index in [0.717, 1.165) is 4.47 Å². The summed E-state index contributed by atoms with van der Waals surface area (Å²) in [6.07, 6.45) is 9.49. The largest absolute Gasteiger partial charge is 0.118 e. The molecule has 0 bridgehead atoms. The molecule has 0 spiro atoms. The molecule has 2 rings (SSSR count). The van der Waals surface area contributed by atoms with Crippen LogP contribution in [0.5, 0.6) is 0 Å². The third-order valence-corrected chi connectivity index (χ3v) is 4.89. The fourth-order valence-corrected chi connectivity index (χ4v) is 3.36. The van der Waals surface area contributed by atoms with Crippen molar-refractivity contribution in [1.82, 2.24) is 0 Å². The Labute approximate surface area is 118 Å². The van der Waals surface area contributed by atoms with Crippen molar-refractivity contribution in [1.29, 1.82) is 0 Å². The van der Waals surface area contributed by atoms with Gasteiger partial charge in [0.1, 0.15) is 0 Å². The minimum atomic E-state index is 0.196. The van der Waals surface area contributed by atoms with Crippen LogP contribution in [0, 0.1) is 5.92 Å². The molecule has 0 heterocycles. The van der Waals surface area contributed by atoms with Crippen LogP contribution in [0.3, 0.4) is 0 Å². The molecule has 0 amide bonds. The van der Waals surface area contributed by atoms with Crippen LogP contribution in [0.2, 0.25) is 0 Å². The fraction of sp³-hybridized carbons (Fsp3) is 0.600. The predicted octanol–water partition coefficient (Wildman–Crippen LogP) is 6.09. The Bertz CT molecular complexity index is 325. The Hall–Kier alpha value is -0.0100. The molecule has 1 fully saturated rings. The lowest BCUT2D eigenvalue weighted by atomic mass is 9.86. The van der Waals surface area contributed by atoms with E-state index in [4.69, 9.17) is 11.6 Å². The van der Waals surface area contributed by atoms with E-state index < -0.39 is 0 Å². The van der Waals surface area contributed by atoms with Crippen LogP contribution in [0.4, 0.5) is 0 Å². The van der Waals surface area contributed by atoms with Crippen LogP contribution in [0.1, 0.15) is 55.9 Å². The molecule has 1 unspecified atom stereocenters. The monoisotopic (exact) mass is 314 g/mol. The van der Waals surface area contributed by atoms with E-state index >= 15 is 0 Å². The first-order valence-corrected chi connectivity index (χ1v) is 7.90. The number of hydrogen-bond donors (Lipinski definition) is 0. The van der Waals surface area contributed by atoms with E-state index in [9.17, 15) is 0 Å². The molecule has 0 N–H and O–H groups in total. The summed E-state index contributed by atoms with van der Waals surface area (Å²) in [5.41, 5.74) is 1.28. The van der Waals surface area contributed by atoms with E-state index in [1.165, 1.54) is 50.5 Å². The topological polar surface area (TPSA) is 0 Å². The summed E-state index contributed by atoms with van der Waals surface area (Å²) in [5.74, 6) is 0.665. The molecule has 17 heavy (non-hydrogen) atoms. The first kappa shape index (κ1) is 13.4. The molecule has 94 valence electrons. The van der Waals surface area contributed by atoms with Crippen molar-refractivity contribution in [2.75, 3.05) is 0 Å². The highest BCUT2D eigenvalue weighted by atomic mass is 79.9. The normalized spacial score (nSPS) is 20.6. The second kappa shape index (κ2) is 6.80. The van der Waals surface area contributed by atoms with Gasteiger partial charge in [0.15, 0.2) is 0 Å². The molecule has 1 saturated carbocycles. The average molecular weight is 316 g/mol. The van der Waals surface area contributed by atoms with Crippen LogP contribution < -0.4 is 0 Å². The first-order chi connectivity index (χ1) is 8.27. The van der Waals surface area contributed by atoms with Crippen LogP contribution >= 0.6 is 27.5 Å². The molecule has 0 nitrogen and oxygen atoms in total. The molecule has 0 aromatic heterocycles. The average Bonchev–Trinajstić information content (AvgIpc) is 2.29. The highest BCUT2D eigenvalue weighted by molar-refractivity contribution is 9.10. The highest BCUT2D eigenvalue weighted by Gasteiger charge is 2.21. The lowest BCUT2D eigenvalue weighted by Gasteiger charge is -2.24. The minimum Gasteiger partial charge on any atom is -0.118 e. The fourth-order valence-electron chi connectivity index (χ4n) is 2.70. The summed E-state index contributed by atoms with van der Waals surface area (Å²) < 4.78 is 1.13.